The predicted octanol–water partition coefficient (Wildman–Crippen LogP) is 1.17. The van der Waals surface area contributed by atoms with Crippen LogP contribution < -0.4 is 5.32 Å². The third-order valence-electron chi connectivity index (χ3n) is 4.95. The average Bonchev–Trinajstić information content (AvgIpc) is 2.94. The molecule has 1 aliphatic rings. The number of amides is 1. The SMILES string of the molecule is Cc1ccc(F)cc1C(=O)N[C@@H]1CN(C(CO)CO)C[C@H]1C(C)C. The first-order chi connectivity index (χ1) is 11.4. The van der Waals surface area contributed by atoms with Crippen LogP contribution in [-0.4, -0.2) is 59.4 Å². The maximum atomic E-state index is 13.4. The van der Waals surface area contributed by atoms with Gasteiger partial charge in [-0.2, -0.15) is 0 Å². The Labute approximate surface area is 142 Å². The van der Waals surface area contributed by atoms with Gasteiger partial charge in [-0.15, -0.1) is 0 Å². The van der Waals surface area contributed by atoms with E-state index >= 15 is 0 Å². The summed E-state index contributed by atoms with van der Waals surface area (Å²) in [6, 6.07) is 3.78. The first-order valence-electron chi connectivity index (χ1n) is 8.40. The van der Waals surface area contributed by atoms with Gasteiger partial charge in [0, 0.05) is 24.7 Å². The van der Waals surface area contributed by atoms with Gasteiger partial charge in [-0.3, -0.25) is 9.69 Å². The Morgan fingerprint density at radius 2 is 2.00 bits per heavy atom. The Balaban J connectivity index is 2.14. The molecule has 134 valence electrons. The van der Waals surface area contributed by atoms with Gasteiger partial charge in [-0.05, 0) is 36.5 Å². The molecule has 1 amide bonds. The molecule has 2 atom stereocenters. The van der Waals surface area contributed by atoms with Crippen LogP contribution in [0.5, 0.6) is 0 Å². The zero-order chi connectivity index (χ0) is 17.9. The molecule has 0 bridgehead atoms. The third-order valence-corrected chi connectivity index (χ3v) is 4.95. The number of halogens is 1. The van der Waals surface area contributed by atoms with Crippen LogP contribution in [-0.2, 0) is 0 Å². The smallest absolute Gasteiger partial charge is 0.251 e. The number of hydrogen-bond donors (Lipinski definition) is 3. The van der Waals surface area contributed by atoms with Crippen LogP contribution >= 0.6 is 0 Å². The number of carbonyl (C=O) groups is 1. The lowest BCUT2D eigenvalue weighted by Crippen LogP contribution is -2.44. The molecule has 0 radical (unpaired) electrons. The summed E-state index contributed by atoms with van der Waals surface area (Å²) in [6.45, 7) is 6.99. The van der Waals surface area contributed by atoms with Crippen LogP contribution in [0.1, 0.15) is 29.8 Å². The molecule has 0 unspecified atom stereocenters. The predicted molar refractivity (Wildman–Crippen MR) is 90.3 cm³/mol. The second-order valence-electron chi connectivity index (χ2n) is 6.92. The highest BCUT2D eigenvalue weighted by molar-refractivity contribution is 5.95. The van der Waals surface area contributed by atoms with Crippen molar-refractivity contribution >= 4 is 5.91 Å². The number of nitrogens with zero attached hydrogens (tertiary/aromatic N) is 1. The summed E-state index contributed by atoms with van der Waals surface area (Å²) in [6.07, 6.45) is 0. The Morgan fingerprint density at radius 1 is 1.33 bits per heavy atom. The van der Waals surface area contributed by atoms with E-state index < -0.39 is 5.82 Å². The summed E-state index contributed by atoms with van der Waals surface area (Å²) < 4.78 is 13.4. The molecule has 0 spiro atoms. The molecule has 5 nitrogen and oxygen atoms in total. The molecule has 1 aliphatic heterocycles. The van der Waals surface area contributed by atoms with Crippen molar-refractivity contribution in [2.24, 2.45) is 11.8 Å². The van der Waals surface area contributed by atoms with Gasteiger partial charge in [0.25, 0.3) is 5.91 Å². The maximum Gasteiger partial charge on any atom is 0.251 e. The van der Waals surface area contributed by atoms with Crippen LogP contribution in [0.4, 0.5) is 4.39 Å². The number of aryl methyl sites for hydroxylation is 1. The number of likely N-dealkylation sites (tertiary alicyclic amines) is 1. The summed E-state index contributed by atoms with van der Waals surface area (Å²) in [5.41, 5.74) is 1.07. The molecule has 2 rings (SSSR count). The van der Waals surface area contributed by atoms with Gasteiger partial charge in [0.05, 0.1) is 19.3 Å². The van der Waals surface area contributed by atoms with Gasteiger partial charge in [-0.25, -0.2) is 4.39 Å². The van der Waals surface area contributed by atoms with Crippen molar-refractivity contribution < 1.29 is 19.4 Å². The number of hydrogen-bond acceptors (Lipinski definition) is 4. The number of aliphatic hydroxyl groups excluding tert-OH is 2. The van der Waals surface area contributed by atoms with Crippen molar-refractivity contribution in [3.05, 3.63) is 35.1 Å². The van der Waals surface area contributed by atoms with E-state index in [1.165, 1.54) is 12.1 Å². The van der Waals surface area contributed by atoms with Gasteiger partial charge < -0.3 is 15.5 Å². The number of nitrogens with one attached hydrogen (secondary N) is 1. The van der Waals surface area contributed by atoms with Crippen LogP contribution in [0.2, 0.25) is 0 Å². The highest BCUT2D eigenvalue weighted by Crippen LogP contribution is 2.26. The van der Waals surface area contributed by atoms with Crippen molar-refractivity contribution in [3.8, 4) is 0 Å². The first kappa shape index (κ1) is 18.8. The molecule has 1 aromatic carbocycles. The van der Waals surface area contributed by atoms with E-state index in [1.54, 1.807) is 13.0 Å². The maximum absolute atomic E-state index is 13.4. The van der Waals surface area contributed by atoms with E-state index in [0.29, 0.717) is 24.6 Å². The zero-order valence-corrected chi connectivity index (χ0v) is 14.5. The molecule has 1 saturated heterocycles. The minimum absolute atomic E-state index is 0.0965. The summed E-state index contributed by atoms with van der Waals surface area (Å²) >= 11 is 0. The standard InChI is InChI=1S/C18H27FN2O3/c1-11(2)16-7-21(14(9-22)10-23)8-17(16)20-18(24)15-6-13(19)5-4-12(15)3/h4-6,11,14,16-17,22-23H,7-10H2,1-3H3,(H,20,24)/t16-,17+/m0/s1. The van der Waals surface area contributed by atoms with E-state index in [2.05, 4.69) is 19.2 Å². The minimum Gasteiger partial charge on any atom is -0.395 e. The van der Waals surface area contributed by atoms with E-state index in [9.17, 15) is 19.4 Å². The summed E-state index contributed by atoms with van der Waals surface area (Å²) in [5.74, 6) is -0.163. The Morgan fingerprint density at radius 3 is 2.58 bits per heavy atom. The topological polar surface area (TPSA) is 72.8 Å². The van der Waals surface area contributed by atoms with Gasteiger partial charge in [0.1, 0.15) is 5.82 Å². The van der Waals surface area contributed by atoms with E-state index in [-0.39, 0.29) is 37.1 Å². The largest absolute Gasteiger partial charge is 0.395 e. The quantitative estimate of drug-likeness (QED) is 0.728. The number of aliphatic hydroxyl groups is 2. The number of carbonyl (C=O) groups excluding carboxylic acids is 1. The average molecular weight is 338 g/mol. The molecular weight excluding hydrogens is 311 g/mol. The van der Waals surface area contributed by atoms with Crippen molar-refractivity contribution in [1.29, 1.82) is 0 Å². The monoisotopic (exact) mass is 338 g/mol. The Hall–Kier alpha value is -1.50. The molecule has 6 heteroatoms. The van der Waals surface area contributed by atoms with Crippen molar-refractivity contribution in [2.45, 2.75) is 32.9 Å². The normalized spacial score (nSPS) is 21.7. The fraction of sp³-hybridized carbons (Fsp3) is 0.611. The molecule has 1 fully saturated rings. The fourth-order valence-electron chi connectivity index (χ4n) is 3.36. The molecule has 0 saturated carbocycles. The molecule has 0 aromatic heterocycles. The highest BCUT2D eigenvalue weighted by Gasteiger charge is 2.38. The number of rotatable bonds is 6. The molecule has 3 N–H and O–H groups in total. The zero-order valence-electron chi connectivity index (χ0n) is 14.5. The Bertz CT molecular complexity index is 575. The minimum atomic E-state index is -0.431. The van der Waals surface area contributed by atoms with Crippen LogP contribution in [0.25, 0.3) is 0 Å². The Kier molecular flexibility index (Phi) is 6.32. The van der Waals surface area contributed by atoms with E-state index in [4.69, 9.17) is 0 Å². The van der Waals surface area contributed by atoms with Crippen molar-refractivity contribution in [2.75, 3.05) is 26.3 Å². The second kappa shape index (κ2) is 8.05. The molecule has 24 heavy (non-hydrogen) atoms. The van der Waals surface area contributed by atoms with Crippen LogP contribution in [0.15, 0.2) is 18.2 Å². The van der Waals surface area contributed by atoms with Gasteiger partial charge in [-0.1, -0.05) is 19.9 Å². The van der Waals surface area contributed by atoms with E-state index in [0.717, 1.165) is 5.56 Å². The lowest BCUT2D eigenvalue weighted by molar-refractivity contribution is 0.0849. The molecule has 1 heterocycles. The van der Waals surface area contributed by atoms with Crippen molar-refractivity contribution in [3.63, 3.8) is 0 Å². The number of benzene rings is 1. The van der Waals surface area contributed by atoms with Crippen LogP contribution in [0.3, 0.4) is 0 Å². The molecule has 0 aliphatic carbocycles. The van der Waals surface area contributed by atoms with Gasteiger partial charge >= 0.3 is 0 Å². The molecular formula is C18H27FN2O3. The molecule has 1 aromatic rings. The highest BCUT2D eigenvalue weighted by atomic mass is 19.1. The lowest BCUT2D eigenvalue weighted by atomic mass is 9.91. The summed E-state index contributed by atoms with van der Waals surface area (Å²) in [5, 5.41) is 21.8. The summed E-state index contributed by atoms with van der Waals surface area (Å²) in [4.78, 5) is 14.6. The van der Waals surface area contributed by atoms with E-state index in [1.807, 2.05) is 4.90 Å². The first-order valence-corrected chi connectivity index (χ1v) is 8.40. The third kappa shape index (κ3) is 4.12. The van der Waals surface area contributed by atoms with Gasteiger partial charge in [0.15, 0.2) is 0 Å². The lowest BCUT2D eigenvalue weighted by Gasteiger charge is -2.24. The van der Waals surface area contributed by atoms with Crippen LogP contribution in [0, 0.1) is 24.6 Å². The van der Waals surface area contributed by atoms with Gasteiger partial charge in [0.2, 0.25) is 0 Å². The second-order valence-corrected chi connectivity index (χ2v) is 6.92. The van der Waals surface area contributed by atoms with Crippen molar-refractivity contribution in [1.82, 2.24) is 10.2 Å². The fourth-order valence-corrected chi connectivity index (χ4v) is 3.36. The summed E-state index contributed by atoms with van der Waals surface area (Å²) in [7, 11) is 0.